The summed E-state index contributed by atoms with van der Waals surface area (Å²) in [6.07, 6.45) is 5.20. The molecule has 3 rings (SSSR count). The zero-order chi connectivity index (χ0) is 16.8. The van der Waals surface area contributed by atoms with Crippen molar-refractivity contribution >= 4 is 29.5 Å². The highest BCUT2D eigenvalue weighted by molar-refractivity contribution is 7.15. The van der Waals surface area contributed by atoms with Crippen LogP contribution in [0.15, 0.2) is 59.7 Å². The van der Waals surface area contributed by atoms with Crippen molar-refractivity contribution in [2.45, 2.75) is 6.92 Å². The molecule has 5 nitrogen and oxygen atoms in total. The lowest BCUT2D eigenvalue weighted by Gasteiger charge is -1.93. The molecule has 120 valence electrons. The van der Waals surface area contributed by atoms with Crippen molar-refractivity contribution in [2.75, 3.05) is 0 Å². The van der Waals surface area contributed by atoms with Crippen molar-refractivity contribution in [3.8, 4) is 10.6 Å². The van der Waals surface area contributed by atoms with Crippen molar-refractivity contribution in [1.82, 2.24) is 15.6 Å². The summed E-state index contributed by atoms with van der Waals surface area (Å²) >= 11 is 1.65. The third-order valence-electron chi connectivity index (χ3n) is 3.23. The van der Waals surface area contributed by atoms with E-state index in [0.29, 0.717) is 5.69 Å². The summed E-state index contributed by atoms with van der Waals surface area (Å²) in [4.78, 5) is 14.3. The molecule has 0 saturated carbocycles. The molecule has 0 radical (unpaired) electrons. The number of aryl methyl sites for hydroxylation is 1. The number of amides is 1. The van der Waals surface area contributed by atoms with Gasteiger partial charge in [-0.1, -0.05) is 36.4 Å². The lowest BCUT2D eigenvalue weighted by Crippen LogP contribution is -2.17. The predicted octanol–water partition coefficient (Wildman–Crippen LogP) is 3.88. The fourth-order valence-corrected chi connectivity index (χ4v) is 2.89. The van der Waals surface area contributed by atoms with Gasteiger partial charge in [-0.25, -0.2) is 5.43 Å². The highest BCUT2D eigenvalue weighted by Crippen LogP contribution is 2.26. The first-order valence-electron chi connectivity index (χ1n) is 7.40. The third kappa shape index (κ3) is 4.05. The molecule has 2 N–H and O–H groups in total. The summed E-state index contributed by atoms with van der Waals surface area (Å²) in [7, 11) is 0. The standard InChI is InChI=1S/C18H16N4OS/c1-13-9-10-17(24-13)15-12-16(21-20-15)18(23)22-19-11-5-8-14-6-3-2-4-7-14/h2-12H,1H3,(H,20,21)(H,22,23). The molecule has 0 saturated heterocycles. The normalized spacial score (nSPS) is 11.4. The number of H-pyrrole nitrogens is 1. The number of nitrogens with one attached hydrogen (secondary N) is 2. The number of benzene rings is 1. The molecule has 24 heavy (non-hydrogen) atoms. The molecule has 0 atom stereocenters. The molecular weight excluding hydrogens is 320 g/mol. The second kappa shape index (κ2) is 7.52. The first-order valence-corrected chi connectivity index (χ1v) is 8.21. The van der Waals surface area contributed by atoms with Gasteiger partial charge in [0.25, 0.3) is 5.91 Å². The molecular formula is C18H16N4OS. The molecule has 0 aliphatic carbocycles. The molecule has 0 fully saturated rings. The largest absolute Gasteiger partial charge is 0.291 e. The Morgan fingerprint density at radius 3 is 2.83 bits per heavy atom. The quantitative estimate of drug-likeness (QED) is 0.548. The van der Waals surface area contributed by atoms with Crippen LogP contribution in [0.3, 0.4) is 0 Å². The molecule has 3 aromatic rings. The van der Waals surface area contributed by atoms with Gasteiger partial charge in [0.15, 0.2) is 5.69 Å². The highest BCUT2D eigenvalue weighted by atomic mass is 32.1. The number of nitrogens with zero attached hydrogens (tertiary/aromatic N) is 2. The van der Waals surface area contributed by atoms with E-state index in [-0.39, 0.29) is 5.91 Å². The Kier molecular flexibility index (Phi) is 4.98. The summed E-state index contributed by atoms with van der Waals surface area (Å²) in [5.74, 6) is -0.352. The summed E-state index contributed by atoms with van der Waals surface area (Å²) < 4.78 is 0. The van der Waals surface area contributed by atoms with Crippen LogP contribution < -0.4 is 5.43 Å². The van der Waals surface area contributed by atoms with E-state index in [2.05, 4.69) is 20.7 Å². The average Bonchev–Trinajstić information content (AvgIpc) is 3.24. The second-order valence-corrected chi connectivity index (χ2v) is 6.35. The Labute approximate surface area is 143 Å². The van der Waals surface area contributed by atoms with Crippen molar-refractivity contribution in [3.05, 3.63) is 70.7 Å². The maximum absolute atomic E-state index is 12.0. The van der Waals surface area contributed by atoms with Crippen LogP contribution in [-0.4, -0.2) is 22.3 Å². The molecule has 1 aromatic carbocycles. The van der Waals surface area contributed by atoms with Gasteiger partial charge in [0.05, 0.1) is 10.6 Å². The van der Waals surface area contributed by atoms with E-state index >= 15 is 0 Å². The molecule has 0 unspecified atom stereocenters. The van der Waals surface area contributed by atoms with E-state index < -0.39 is 0 Å². The molecule has 0 spiro atoms. The lowest BCUT2D eigenvalue weighted by molar-refractivity contribution is 0.0950. The smallest absolute Gasteiger partial charge is 0.276 e. The highest BCUT2D eigenvalue weighted by Gasteiger charge is 2.11. The minimum Gasteiger partial charge on any atom is -0.276 e. The van der Waals surface area contributed by atoms with E-state index in [9.17, 15) is 4.79 Å². The van der Waals surface area contributed by atoms with Crippen LogP contribution in [0.1, 0.15) is 20.9 Å². The maximum atomic E-state index is 12.0. The Hall–Kier alpha value is -2.99. The number of allylic oxidation sites excluding steroid dienone is 1. The maximum Gasteiger partial charge on any atom is 0.291 e. The zero-order valence-electron chi connectivity index (χ0n) is 13.1. The Balaban J connectivity index is 1.56. The van der Waals surface area contributed by atoms with Gasteiger partial charge in [-0.05, 0) is 36.8 Å². The lowest BCUT2D eigenvalue weighted by atomic mass is 10.2. The van der Waals surface area contributed by atoms with E-state index in [1.54, 1.807) is 23.5 Å². The van der Waals surface area contributed by atoms with E-state index in [1.807, 2.05) is 55.5 Å². The van der Waals surface area contributed by atoms with Gasteiger partial charge < -0.3 is 0 Å². The number of thiophene rings is 1. The number of rotatable bonds is 5. The van der Waals surface area contributed by atoms with Crippen molar-refractivity contribution in [2.24, 2.45) is 5.10 Å². The van der Waals surface area contributed by atoms with Crippen LogP contribution in [-0.2, 0) is 0 Å². The number of hydrogen-bond donors (Lipinski definition) is 2. The number of carbonyl (C=O) groups is 1. The van der Waals surface area contributed by atoms with Crippen LogP contribution in [0.2, 0.25) is 0 Å². The minimum atomic E-state index is -0.352. The van der Waals surface area contributed by atoms with Gasteiger partial charge in [-0.2, -0.15) is 10.2 Å². The first kappa shape index (κ1) is 15.9. The Bertz CT molecular complexity index is 877. The molecule has 2 heterocycles. The van der Waals surface area contributed by atoms with Gasteiger partial charge in [0, 0.05) is 11.1 Å². The molecule has 0 bridgehead atoms. The Morgan fingerprint density at radius 1 is 1.25 bits per heavy atom. The predicted molar refractivity (Wildman–Crippen MR) is 98.1 cm³/mol. The summed E-state index contributed by atoms with van der Waals surface area (Å²) in [5.41, 5.74) is 4.65. The van der Waals surface area contributed by atoms with Crippen molar-refractivity contribution in [3.63, 3.8) is 0 Å². The monoisotopic (exact) mass is 336 g/mol. The number of aromatic amines is 1. The van der Waals surface area contributed by atoms with Crippen LogP contribution in [0.25, 0.3) is 16.6 Å². The van der Waals surface area contributed by atoms with Crippen LogP contribution in [0.4, 0.5) is 0 Å². The van der Waals surface area contributed by atoms with Gasteiger partial charge >= 0.3 is 0 Å². The number of carbonyl (C=O) groups excluding carboxylic acids is 1. The molecule has 0 aliphatic heterocycles. The first-order chi connectivity index (χ1) is 11.7. The van der Waals surface area contributed by atoms with Crippen LogP contribution >= 0.6 is 11.3 Å². The summed E-state index contributed by atoms with van der Waals surface area (Å²) in [5, 5.41) is 10.8. The number of hydrazone groups is 1. The zero-order valence-corrected chi connectivity index (χ0v) is 13.9. The van der Waals surface area contributed by atoms with Crippen molar-refractivity contribution < 1.29 is 4.79 Å². The van der Waals surface area contributed by atoms with E-state index in [1.165, 1.54) is 11.1 Å². The van der Waals surface area contributed by atoms with E-state index in [4.69, 9.17) is 0 Å². The average molecular weight is 336 g/mol. The van der Waals surface area contributed by atoms with Gasteiger partial charge in [0.1, 0.15) is 0 Å². The molecule has 2 aromatic heterocycles. The fraction of sp³-hybridized carbons (Fsp3) is 0.0556. The van der Waals surface area contributed by atoms with Crippen LogP contribution in [0, 0.1) is 6.92 Å². The van der Waals surface area contributed by atoms with E-state index in [0.717, 1.165) is 16.1 Å². The molecule has 6 heteroatoms. The van der Waals surface area contributed by atoms with Gasteiger partial charge in [-0.15, -0.1) is 11.3 Å². The minimum absolute atomic E-state index is 0.306. The van der Waals surface area contributed by atoms with Gasteiger partial charge in [0.2, 0.25) is 0 Å². The van der Waals surface area contributed by atoms with Crippen molar-refractivity contribution in [1.29, 1.82) is 0 Å². The number of hydrogen-bond acceptors (Lipinski definition) is 4. The second-order valence-electron chi connectivity index (χ2n) is 5.07. The topological polar surface area (TPSA) is 70.1 Å². The molecule has 1 amide bonds. The van der Waals surface area contributed by atoms with Gasteiger partial charge in [-0.3, -0.25) is 9.89 Å². The summed E-state index contributed by atoms with van der Waals surface area (Å²) in [6.45, 7) is 2.04. The fourth-order valence-electron chi connectivity index (χ4n) is 2.06. The number of aromatic nitrogens is 2. The Morgan fingerprint density at radius 2 is 2.08 bits per heavy atom. The third-order valence-corrected chi connectivity index (χ3v) is 4.27. The van der Waals surface area contributed by atoms with Crippen LogP contribution in [0.5, 0.6) is 0 Å². The molecule has 0 aliphatic rings. The summed E-state index contributed by atoms with van der Waals surface area (Å²) in [6, 6.07) is 15.6. The SMILES string of the molecule is Cc1ccc(-c2cc(C(=O)NN=CC=Cc3ccccc3)n[nH]2)s1.